The van der Waals surface area contributed by atoms with Crippen LogP contribution in [0.15, 0.2) is 71.6 Å². The second-order valence-corrected chi connectivity index (χ2v) is 11.8. The predicted molar refractivity (Wildman–Crippen MR) is 174 cm³/mol. The van der Waals surface area contributed by atoms with Gasteiger partial charge in [-0.2, -0.15) is 10.1 Å². The summed E-state index contributed by atoms with van der Waals surface area (Å²) in [5, 5.41) is 7.34. The molecule has 0 saturated heterocycles. The fourth-order valence-corrected chi connectivity index (χ4v) is 6.10. The van der Waals surface area contributed by atoms with Crippen molar-refractivity contribution in [2.75, 3.05) is 23.0 Å². The van der Waals surface area contributed by atoms with E-state index in [1.54, 1.807) is 29.8 Å². The molecule has 4 heterocycles. The van der Waals surface area contributed by atoms with Crippen LogP contribution in [-0.2, 0) is 4.79 Å². The van der Waals surface area contributed by atoms with Crippen LogP contribution in [0.5, 0.6) is 0 Å². The van der Waals surface area contributed by atoms with Gasteiger partial charge in [-0.25, -0.2) is 4.98 Å². The van der Waals surface area contributed by atoms with Crippen LogP contribution in [0.3, 0.4) is 0 Å². The summed E-state index contributed by atoms with van der Waals surface area (Å²) in [7, 11) is 0. The number of aromatic nitrogens is 2. The van der Waals surface area contributed by atoms with Crippen LogP contribution in [0.2, 0.25) is 0 Å². The van der Waals surface area contributed by atoms with Crippen molar-refractivity contribution in [2.24, 2.45) is 5.10 Å². The summed E-state index contributed by atoms with van der Waals surface area (Å²) < 4.78 is 0. The molecule has 0 N–H and O–H groups in total. The summed E-state index contributed by atoms with van der Waals surface area (Å²) in [6, 6.07) is 15.5. The molecule has 1 aliphatic heterocycles. The van der Waals surface area contributed by atoms with Gasteiger partial charge in [-0.1, -0.05) is 90.2 Å². The number of thiophene rings is 1. The van der Waals surface area contributed by atoms with E-state index < -0.39 is 0 Å². The Balaban J connectivity index is 1.51. The lowest BCUT2D eigenvalue weighted by molar-refractivity contribution is -0.114. The molecule has 0 spiro atoms. The smallest absolute Gasteiger partial charge is 0.282 e. The SMILES string of the molecule is CCCCCCCCN(CCCCCCCC)c1ccc(C=C2C(=O)N(c3ccccn3)N=C2c2ccccn2)s1. The number of anilines is 2. The molecule has 0 radical (unpaired) electrons. The summed E-state index contributed by atoms with van der Waals surface area (Å²) in [5.41, 5.74) is 1.79. The van der Waals surface area contributed by atoms with Crippen LogP contribution in [0, 0.1) is 0 Å². The monoisotopic (exact) mass is 571 g/mol. The van der Waals surface area contributed by atoms with Gasteiger partial charge < -0.3 is 4.90 Å². The molecule has 6 nitrogen and oxygen atoms in total. The molecule has 4 rings (SSSR count). The molecule has 1 aliphatic rings. The van der Waals surface area contributed by atoms with Gasteiger partial charge >= 0.3 is 0 Å². The molecule has 3 aromatic rings. The fourth-order valence-electron chi connectivity index (χ4n) is 5.10. The van der Waals surface area contributed by atoms with E-state index in [9.17, 15) is 4.79 Å². The van der Waals surface area contributed by atoms with Crippen LogP contribution >= 0.6 is 11.3 Å². The predicted octanol–water partition coefficient (Wildman–Crippen LogP) is 8.90. The number of hydrogen-bond donors (Lipinski definition) is 0. The van der Waals surface area contributed by atoms with E-state index in [-0.39, 0.29) is 5.91 Å². The van der Waals surface area contributed by atoms with E-state index in [4.69, 9.17) is 0 Å². The summed E-state index contributed by atoms with van der Waals surface area (Å²) >= 11 is 1.76. The average molecular weight is 572 g/mol. The lowest BCUT2D eigenvalue weighted by Crippen LogP contribution is -2.24. The molecular formula is C34H45N5OS. The minimum atomic E-state index is -0.185. The number of pyridine rings is 2. The number of rotatable bonds is 18. The highest BCUT2D eigenvalue weighted by Crippen LogP contribution is 2.32. The first kappa shape index (κ1) is 30.6. The van der Waals surface area contributed by atoms with Gasteiger partial charge in [0.25, 0.3) is 5.91 Å². The molecule has 7 heteroatoms. The van der Waals surface area contributed by atoms with Gasteiger partial charge in [0.1, 0.15) is 5.71 Å². The maximum atomic E-state index is 13.6. The van der Waals surface area contributed by atoms with Crippen molar-refractivity contribution in [3.63, 3.8) is 0 Å². The second-order valence-electron chi connectivity index (χ2n) is 10.7. The van der Waals surface area contributed by atoms with Gasteiger partial charge in [-0.05, 0) is 55.3 Å². The third kappa shape index (κ3) is 9.09. The number of carbonyl (C=O) groups excluding carboxylic acids is 1. The van der Waals surface area contributed by atoms with Crippen LogP contribution < -0.4 is 9.91 Å². The molecule has 0 saturated carbocycles. The van der Waals surface area contributed by atoms with Gasteiger partial charge in [-0.15, -0.1) is 11.3 Å². The Bertz CT molecular complexity index is 1240. The van der Waals surface area contributed by atoms with E-state index in [2.05, 4.69) is 45.9 Å². The first-order chi connectivity index (χ1) is 20.2. The molecule has 0 aliphatic carbocycles. The number of unbranched alkanes of at least 4 members (excludes halogenated alkanes) is 10. The Morgan fingerprint density at radius 2 is 1.39 bits per heavy atom. The molecule has 0 bridgehead atoms. The molecule has 0 aromatic carbocycles. The molecule has 0 unspecified atom stereocenters. The van der Waals surface area contributed by atoms with E-state index in [1.165, 1.54) is 87.1 Å². The third-order valence-electron chi connectivity index (χ3n) is 7.43. The van der Waals surface area contributed by atoms with Crippen LogP contribution in [0.1, 0.15) is 101 Å². The normalized spacial score (nSPS) is 14.2. The van der Waals surface area contributed by atoms with Gasteiger partial charge in [-0.3, -0.25) is 9.78 Å². The molecule has 3 aromatic heterocycles. The molecule has 0 atom stereocenters. The van der Waals surface area contributed by atoms with Crippen molar-refractivity contribution in [3.8, 4) is 0 Å². The Labute approximate surface area is 250 Å². The number of amides is 1. The molecule has 0 fully saturated rings. The van der Waals surface area contributed by atoms with Crippen molar-refractivity contribution in [2.45, 2.75) is 90.9 Å². The Morgan fingerprint density at radius 1 is 0.756 bits per heavy atom. The second kappa shape index (κ2) is 16.8. The van der Waals surface area contributed by atoms with Crippen LogP contribution in [0.4, 0.5) is 10.8 Å². The first-order valence-corrected chi connectivity index (χ1v) is 16.3. The zero-order chi connectivity index (χ0) is 28.7. The van der Waals surface area contributed by atoms with Crippen molar-refractivity contribution in [3.05, 3.63) is 77.1 Å². The minimum absolute atomic E-state index is 0.185. The maximum absolute atomic E-state index is 13.6. The number of nitrogens with zero attached hydrogens (tertiary/aromatic N) is 5. The van der Waals surface area contributed by atoms with Crippen molar-refractivity contribution in [1.82, 2.24) is 9.97 Å². The number of carbonyl (C=O) groups is 1. The highest BCUT2D eigenvalue weighted by atomic mass is 32.1. The lowest BCUT2D eigenvalue weighted by Gasteiger charge is -2.23. The zero-order valence-electron chi connectivity index (χ0n) is 24.8. The number of hydrazone groups is 1. The van der Waals surface area contributed by atoms with E-state index in [1.807, 2.05) is 36.4 Å². The van der Waals surface area contributed by atoms with E-state index in [0.29, 0.717) is 22.8 Å². The largest absolute Gasteiger partial charge is 0.363 e. The highest BCUT2D eigenvalue weighted by molar-refractivity contribution is 7.17. The van der Waals surface area contributed by atoms with Crippen molar-refractivity contribution < 1.29 is 4.79 Å². The lowest BCUT2D eigenvalue weighted by atomic mass is 10.1. The zero-order valence-corrected chi connectivity index (χ0v) is 25.6. The summed E-state index contributed by atoms with van der Waals surface area (Å²) in [6.45, 7) is 6.72. The Hall–Kier alpha value is -3.32. The van der Waals surface area contributed by atoms with Crippen LogP contribution in [-0.4, -0.2) is 34.7 Å². The third-order valence-corrected chi connectivity index (χ3v) is 8.52. The summed E-state index contributed by atoms with van der Waals surface area (Å²) in [4.78, 5) is 26.1. The summed E-state index contributed by atoms with van der Waals surface area (Å²) in [6.07, 6.45) is 21.0. The van der Waals surface area contributed by atoms with Crippen molar-refractivity contribution in [1.29, 1.82) is 0 Å². The Kier molecular flexibility index (Phi) is 12.6. The fraction of sp³-hybridized carbons (Fsp3) is 0.471. The van der Waals surface area contributed by atoms with Crippen LogP contribution in [0.25, 0.3) is 6.08 Å². The molecule has 1 amide bonds. The Morgan fingerprint density at radius 3 is 2.00 bits per heavy atom. The summed E-state index contributed by atoms with van der Waals surface area (Å²) in [5.74, 6) is 0.320. The standard InChI is InChI=1S/C34H45N5OS/c1-3-5-7-9-11-17-25-38(26-18-12-10-8-6-4-2)32-22-21-28(41-32)27-29-33(30-19-13-15-23-35-30)37-39(34(29)40)31-20-14-16-24-36-31/h13-16,19-24,27H,3-12,17-18,25-26H2,1-2H3. The minimum Gasteiger partial charge on any atom is -0.363 e. The first-order valence-electron chi connectivity index (χ1n) is 15.5. The van der Waals surface area contributed by atoms with E-state index >= 15 is 0 Å². The highest BCUT2D eigenvalue weighted by Gasteiger charge is 2.33. The topological polar surface area (TPSA) is 61.7 Å². The molecular weight excluding hydrogens is 526 g/mol. The van der Waals surface area contributed by atoms with Gasteiger partial charge in [0.15, 0.2) is 5.82 Å². The average Bonchev–Trinajstić information content (AvgIpc) is 3.61. The van der Waals surface area contributed by atoms with Gasteiger partial charge in [0.2, 0.25) is 0 Å². The van der Waals surface area contributed by atoms with Crippen molar-refractivity contribution >= 4 is 39.9 Å². The van der Waals surface area contributed by atoms with E-state index in [0.717, 1.165) is 18.0 Å². The van der Waals surface area contributed by atoms with Gasteiger partial charge in [0, 0.05) is 30.4 Å². The quantitative estimate of drug-likeness (QED) is 0.113. The van der Waals surface area contributed by atoms with Gasteiger partial charge in [0.05, 0.1) is 16.3 Å². The molecule has 218 valence electrons. The number of hydrogen-bond acceptors (Lipinski definition) is 6. The maximum Gasteiger partial charge on any atom is 0.282 e. The molecule has 41 heavy (non-hydrogen) atoms.